The summed E-state index contributed by atoms with van der Waals surface area (Å²) in [6.45, 7) is 4.19. The van der Waals surface area contributed by atoms with Crippen molar-refractivity contribution in [1.82, 2.24) is 0 Å². The summed E-state index contributed by atoms with van der Waals surface area (Å²) in [5.74, 6) is 0.436. The molecule has 0 bridgehead atoms. The molecular weight excluding hydrogens is 134 g/mol. The van der Waals surface area contributed by atoms with Crippen LogP contribution in [-0.2, 0) is 0 Å². The largest absolute Gasteiger partial charge is 0.192 e. The molecule has 0 aliphatic rings. The minimum atomic E-state index is 0.436. The van der Waals surface area contributed by atoms with Gasteiger partial charge in [0.25, 0.3) is 0 Å². The Labute approximate surface area is 67.3 Å². The predicted octanol–water partition coefficient (Wildman–Crippen LogP) is 2.68. The Morgan fingerprint density at radius 2 is 1.91 bits per heavy atom. The summed E-state index contributed by atoms with van der Waals surface area (Å²) in [7, 11) is 0. The molecule has 0 saturated heterocycles. The number of nitrogens with zero attached hydrogens (tertiary/aromatic N) is 1. The topological polar surface area (TPSA) is 23.8 Å². The smallest absolute Gasteiger partial charge is 0.0994 e. The zero-order valence-electron chi connectivity index (χ0n) is 6.83. The molecule has 0 fully saturated rings. The van der Waals surface area contributed by atoms with E-state index in [2.05, 4.69) is 19.9 Å². The fourth-order valence-electron chi connectivity index (χ4n) is 1.10. The number of hydrogen-bond donors (Lipinski definition) is 0. The lowest BCUT2D eigenvalue weighted by Gasteiger charge is -2.05. The van der Waals surface area contributed by atoms with Crippen LogP contribution in [0.15, 0.2) is 24.3 Å². The van der Waals surface area contributed by atoms with E-state index >= 15 is 0 Å². The predicted molar refractivity (Wildman–Crippen MR) is 45.2 cm³/mol. The Bertz CT molecular complexity index is 281. The average molecular weight is 145 g/mol. The van der Waals surface area contributed by atoms with Crippen LogP contribution in [0.4, 0.5) is 0 Å². The molecule has 0 atom stereocenters. The van der Waals surface area contributed by atoms with Crippen molar-refractivity contribution < 1.29 is 0 Å². The molecule has 0 amide bonds. The highest BCUT2D eigenvalue weighted by atomic mass is 14.2. The molecule has 1 heteroatoms. The molecule has 1 rings (SSSR count). The zero-order valence-corrected chi connectivity index (χ0v) is 6.83. The molecule has 0 radical (unpaired) electrons. The standard InChI is InChI=1S/C10H11N/c1-8(2)10-6-4-3-5-9(10)7-11/h3-6,8H,1-2H3. The third kappa shape index (κ3) is 1.59. The highest BCUT2D eigenvalue weighted by molar-refractivity contribution is 5.38. The van der Waals surface area contributed by atoms with Gasteiger partial charge in [-0.2, -0.15) is 5.26 Å². The van der Waals surface area contributed by atoms with Crippen molar-refractivity contribution in [1.29, 1.82) is 5.26 Å². The lowest BCUT2D eigenvalue weighted by Crippen LogP contribution is -1.90. The van der Waals surface area contributed by atoms with Crippen molar-refractivity contribution in [2.45, 2.75) is 19.8 Å². The molecule has 0 unspecified atom stereocenters. The number of rotatable bonds is 1. The maximum Gasteiger partial charge on any atom is 0.0994 e. The van der Waals surface area contributed by atoms with Crippen molar-refractivity contribution in [2.75, 3.05) is 0 Å². The Morgan fingerprint density at radius 3 is 2.36 bits per heavy atom. The van der Waals surface area contributed by atoms with Crippen LogP contribution in [0.5, 0.6) is 0 Å². The summed E-state index contributed by atoms with van der Waals surface area (Å²) < 4.78 is 0. The first-order valence-electron chi connectivity index (χ1n) is 3.74. The Hall–Kier alpha value is -1.29. The molecular formula is C10H11N. The van der Waals surface area contributed by atoms with E-state index in [1.165, 1.54) is 0 Å². The second kappa shape index (κ2) is 3.21. The first kappa shape index (κ1) is 7.81. The number of benzene rings is 1. The van der Waals surface area contributed by atoms with E-state index in [9.17, 15) is 0 Å². The van der Waals surface area contributed by atoms with Gasteiger partial charge in [0.2, 0.25) is 0 Å². The Kier molecular flexibility index (Phi) is 2.28. The molecule has 0 saturated carbocycles. The van der Waals surface area contributed by atoms with Crippen LogP contribution in [-0.4, -0.2) is 0 Å². The van der Waals surface area contributed by atoms with Crippen LogP contribution in [0.3, 0.4) is 0 Å². The van der Waals surface area contributed by atoms with E-state index in [-0.39, 0.29) is 0 Å². The molecule has 56 valence electrons. The van der Waals surface area contributed by atoms with E-state index in [1.54, 1.807) is 0 Å². The summed E-state index contributed by atoms with van der Waals surface area (Å²) in [5, 5.41) is 8.72. The monoisotopic (exact) mass is 145 g/mol. The van der Waals surface area contributed by atoms with Gasteiger partial charge in [-0.25, -0.2) is 0 Å². The lowest BCUT2D eigenvalue weighted by molar-refractivity contribution is 0.862. The first-order chi connectivity index (χ1) is 5.25. The number of hydrogen-bond acceptors (Lipinski definition) is 1. The third-order valence-corrected chi connectivity index (χ3v) is 1.70. The molecule has 0 aliphatic heterocycles. The number of nitriles is 1. The first-order valence-corrected chi connectivity index (χ1v) is 3.74. The summed E-state index contributed by atoms with van der Waals surface area (Å²) in [6.07, 6.45) is 0. The van der Waals surface area contributed by atoms with Gasteiger partial charge in [-0.05, 0) is 17.5 Å². The van der Waals surface area contributed by atoms with Crippen LogP contribution >= 0.6 is 0 Å². The minimum Gasteiger partial charge on any atom is -0.192 e. The molecule has 0 spiro atoms. The van der Waals surface area contributed by atoms with Crippen molar-refractivity contribution in [3.05, 3.63) is 35.4 Å². The summed E-state index contributed by atoms with van der Waals surface area (Å²) >= 11 is 0. The summed E-state index contributed by atoms with van der Waals surface area (Å²) in [6, 6.07) is 9.90. The maximum atomic E-state index is 8.72. The molecule has 0 aromatic heterocycles. The zero-order chi connectivity index (χ0) is 8.27. The molecule has 0 N–H and O–H groups in total. The van der Waals surface area contributed by atoms with Crippen molar-refractivity contribution >= 4 is 0 Å². The van der Waals surface area contributed by atoms with Gasteiger partial charge in [-0.1, -0.05) is 32.0 Å². The van der Waals surface area contributed by atoms with E-state index in [1.807, 2.05) is 24.3 Å². The molecule has 1 aromatic carbocycles. The van der Waals surface area contributed by atoms with E-state index in [0.29, 0.717) is 5.92 Å². The van der Waals surface area contributed by atoms with Crippen molar-refractivity contribution in [3.8, 4) is 6.07 Å². The maximum absolute atomic E-state index is 8.72. The molecule has 1 nitrogen and oxygen atoms in total. The minimum absolute atomic E-state index is 0.436. The van der Waals surface area contributed by atoms with Gasteiger partial charge in [0.15, 0.2) is 0 Å². The van der Waals surface area contributed by atoms with Gasteiger partial charge in [0.1, 0.15) is 0 Å². The fraction of sp³-hybridized carbons (Fsp3) is 0.300. The van der Waals surface area contributed by atoms with Crippen LogP contribution < -0.4 is 0 Å². The van der Waals surface area contributed by atoms with Crippen LogP contribution in [0.1, 0.15) is 30.9 Å². The van der Waals surface area contributed by atoms with E-state index < -0.39 is 0 Å². The Balaban J connectivity index is 3.15. The second-order valence-corrected chi connectivity index (χ2v) is 2.85. The van der Waals surface area contributed by atoms with Gasteiger partial charge in [-0.3, -0.25) is 0 Å². The SMILES string of the molecule is CC(C)c1ccccc1C#N. The average Bonchev–Trinajstić information content (AvgIpc) is 2.04. The van der Waals surface area contributed by atoms with Gasteiger partial charge < -0.3 is 0 Å². The summed E-state index contributed by atoms with van der Waals surface area (Å²) in [4.78, 5) is 0. The van der Waals surface area contributed by atoms with Gasteiger partial charge in [0, 0.05) is 0 Å². The van der Waals surface area contributed by atoms with Crippen molar-refractivity contribution in [3.63, 3.8) is 0 Å². The normalized spacial score (nSPS) is 9.64. The summed E-state index contributed by atoms with van der Waals surface area (Å²) in [5.41, 5.74) is 1.93. The molecule has 0 aliphatic carbocycles. The van der Waals surface area contributed by atoms with E-state index in [4.69, 9.17) is 5.26 Å². The van der Waals surface area contributed by atoms with Crippen LogP contribution in [0, 0.1) is 11.3 Å². The highest BCUT2D eigenvalue weighted by Gasteiger charge is 2.03. The van der Waals surface area contributed by atoms with Crippen molar-refractivity contribution in [2.24, 2.45) is 0 Å². The van der Waals surface area contributed by atoms with Gasteiger partial charge in [-0.15, -0.1) is 0 Å². The van der Waals surface area contributed by atoms with Gasteiger partial charge in [0.05, 0.1) is 11.6 Å². The third-order valence-electron chi connectivity index (χ3n) is 1.70. The molecule has 0 heterocycles. The fourth-order valence-corrected chi connectivity index (χ4v) is 1.10. The van der Waals surface area contributed by atoms with Crippen LogP contribution in [0.25, 0.3) is 0 Å². The molecule has 11 heavy (non-hydrogen) atoms. The quantitative estimate of drug-likeness (QED) is 0.596. The highest BCUT2D eigenvalue weighted by Crippen LogP contribution is 2.17. The van der Waals surface area contributed by atoms with E-state index in [0.717, 1.165) is 11.1 Å². The lowest BCUT2D eigenvalue weighted by atomic mass is 9.98. The Morgan fingerprint density at radius 1 is 1.27 bits per heavy atom. The second-order valence-electron chi connectivity index (χ2n) is 2.85. The van der Waals surface area contributed by atoms with Gasteiger partial charge >= 0.3 is 0 Å². The van der Waals surface area contributed by atoms with Crippen LogP contribution in [0.2, 0.25) is 0 Å². The molecule has 1 aromatic rings.